The highest BCUT2D eigenvalue weighted by atomic mass is 16.1. The Morgan fingerprint density at radius 3 is 2.52 bits per heavy atom. The number of nitrogens with zero attached hydrogens (tertiary/aromatic N) is 3. The molecular formula is C20H30N4O. The van der Waals surface area contributed by atoms with E-state index >= 15 is 0 Å². The monoisotopic (exact) mass is 342 g/mol. The molecule has 0 unspecified atom stereocenters. The summed E-state index contributed by atoms with van der Waals surface area (Å²) in [5, 5.41) is 2.97. The molecule has 0 spiro atoms. The molecule has 1 aliphatic heterocycles. The van der Waals surface area contributed by atoms with Gasteiger partial charge in [0, 0.05) is 17.6 Å². The summed E-state index contributed by atoms with van der Waals surface area (Å²) in [7, 11) is 0. The number of rotatable bonds is 5. The number of aromatic nitrogens is 2. The number of amides is 1. The third kappa shape index (κ3) is 4.03. The van der Waals surface area contributed by atoms with Gasteiger partial charge in [-0.1, -0.05) is 20.3 Å². The largest absolute Gasteiger partial charge is 0.326 e. The minimum Gasteiger partial charge on any atom is -0.326 e. The fourth-order valence-electron chi connectivity index (χ4n) is 3.52. The summed E-state index contributed by atoms with van der Waals surface area (Å²) in [6, 6.07) is 6.42. The zero-order valence-electron chi connectivity index (χ0n) is 15.9. The summed E-state index contributed by atoms with van der Waals surface area (Å²) < 4.78 is 2.33. The van der Waals surface area contributed by atoms with Crippen LogP contribution in [0.5, 0.6) is 0 Å². The van der Waals surface area contributed by atoms with Gasteiger partial charge in [0.1, 0.15) is 5.82 Å². The Balaban J connectivity index is 1.90. The SMILES string of the molecule is CC(C)C(=O)Nc1ccc2c(c1)nc(CN1CCCCC1)n2C(C)C. The number of hydrogen-bond acceptors (Lipinski definition) is 3. The molecule has 5 nitrogen and oxygen atoms in total. The van der Waals surface area contributed by atoms with E-state index in [1.807, 2.05) is 26.0 Å². The van der Waals surface area contributed by atoms with Crippen LogP contribution >= 0.6 is 0 Å². The number of hydrogen-bond donors (Lipinski definition) is 1. The van der Waals surface area contributed by atoms with Gasteiger partial charge >= 0.3 is 0 Å². The molecule has 0 atom stereocenters. The van der Waals surface area contributed by atoms with E-state index in [0.29, 0.717) is 6.04 Å². The number of carbonyl (C=O) groups is 1. The lowest BCUT2D eigenvalue weighted by Crippen LogP contribution is -2.30. The molecule has 5 heteroatoms. The number of imidazole rings is 1. The summed E-state index contributed by atoms with van der Waals surface area (Å²) in [4.78, 5) is 19.4. The maximum Gasteiger partial charge on any atom is 0.226 e. The van der Waals surface area contributed by atoms with Gasteiger partial charge in [-0.2, -0.15) is 0 Å². The van der Waals surface area contributed by atoms with Gasteiger partial charge in [0.05, 0.1) is 17.6 Å². The van der Waals surface area contributed by atoms with Gasteiger partial charge in [-0.15, -0.1) is 0 Å². The van der Waals surface area contributed by atoms with Crippen LogP contribution in [0.1, 0.15) is 58.8 Å². The number of piperidine rings is 1. The molecule has 1 amide bonds. The van der Waals surface area contributed by atoms with Crippen molar-refractivity contribution in [3.8, 4) is 0 Å². The van der Waals surface area contributed by atoms with E-state index < -0.39 is 0 Å². The number of anilines is 1. The Bertz CT molecular complexity index is 741. The lowest BCUT2D eigenvalue weighted by molar-refractivity contribution is -0.118. The second-order valence-corrected chi connectivity index (χ2v) is 7.68. The molecule has 1 aliphatic rings. The maximum absolute atomic E-state index is 11.9. The van der Waals surface area contributed by atoms with Gasteiger partial charge in [-0.3, -0.25) is 9.69 Å². The third-order valence-electron chi connectivity index (χ3n) is 4.88. The van der Waals surface area contributed by atoms with Crippen LogP contribution in [-0.4, -0.2) is 33.4 Å². The fourth-order valence-corrected chi connectivity index (χ4v) is 3.52. The Kier molecular flexibility index (Phi) is 5.42. The second-order valence-electron chi connectivity index (χ2n) is 7.68. The quantitative estimate of drug-likeness (QED) is 0.886. The average molecular weight is 342 g/mol. The number of nitrogens with one attached hydrogen (secondary N) is 1. The van der Waals surface area contributed by atoms with Crippen molar-refractivity contribution >= 4 is 22.6 Å². The van der Waals surface area contributed by atoms with Gasteiger partial charge in [0.2, 0.25) is 5.91 Å². The van der Waals surface area contributed by atoms with Crippen molar-refractivity contribution < 1.29 is 4.79 Å². The van der Waals surface area contributed by atoms with Crippen molar-refractivity contribution in [3.63, 3.8) is 0 Å². The molecule has 25 heavy (non-hydrogen) atoms. The molecule has 1 fully saturated rings. The highest BCUT2D eigenvalue weighted by Crippen LogP contribution is 2.25. The van der Waals surface area contributed by atoms with E-state index in [-0.39, 0.29) is 11.8 Å². The first-order chi connectivity index (χ1) is 12.0. The normalized spacial score (nSPS) is 16.1. The molecule has 1 N–H and O–H groups in total. The van der Waals surface area contributed by atoms with Crippen LogP contribution < -0.4 is 5.32 Å². The van der Waals surface area contributed by atoms with Gasteiger partial charge < -0.3 is 9.88 Å². The number of likely N-dealkylation sites (tertiary alicyclic amines) is 1. The molecule has 0 bridgehead atoms. The molecule has 0 saturated carbocycles. The van der Waals surface area contributed by atoms with Crippen LogP contribution in [0.2, 0.25) is 0 Å². The van der Waals surface area contributed by atoms with E-state index in [2.05, 4.69) is 34.7 Å². The molecule has 2 aromatic rings. The minimum atomic E-state index is -0.0291. The molecule has 0 aliphatic carbocycles. The molecule has 2 heterocycles. The van der Waals surface area contributed by atoms with Crippen molar-refractivity contribution in [2.75, 3.05) is 18.4 Å². The topological polar surface area (TPSA) is 50.2 Å². The first-order valence-electron chi connectivity index (χ1n) is 9.50. The molecule has 0 radical (unpaired) electrons. The molecule has 3 rings (SSSR count). The highest BCUT2D eigenvalue weighted by molar-refractivity contribution is 5.94. The Morgan fingerprint density at radius 2 is 1.88 bits per heavy atom. The molecular weight excluding hydrogens is 312 g/mol. The van der Waals surface area contributed by atoms with Gasteiger partial charge in [-0.25, -0.2) is 4.98 Å². The first kappa shape index (κ1) is 17.9. The number of fused-ring (bicyclic) bond motifs is 1. The average Bonchev–Trinajstić information content (AvgIpc) is 2.92. The Hall–Kier alpha value is -1.88. The van der Waals surface area contributed by atoms with E-state index in [4.69, 9.17) is 4.98 Å². The van der Waals surface area contributed by atoms with Crippen molar-refractivity contribution in [2.24, 2.45) is 5.92 Å². The van der Waals surface area contributed by atoms with Gasteiger partial charge in [-0.05, 0) is 58.0 Å². The first-order valence-corrected chi connectivity index (χ1v) is 9.50. The maximum atomic E-state index is 11.9. The Labute approximate surface area is 150 Å². The number of carbonyl (C=O) groups excluding carboxylic acids is 1. The summed E-state index contributed by atoms with van der Waals surface area (Å²) in [5.41, 5.74) is 2.93. The predicted octanol–water partition coefficient (Wildman–Crippen LogP) is 4.20. The molecule has 136 valence electrons. The van der Waals surface area contributed by atoms with Crippen molar-refractivity contribution in [1.29, 1.82) is 0 Å². The summed E-state index contributed by atoms with van der Waals surface area (Å²) in [6.07, 6.45) is 3.91. The van der Waals surface area contributed by atoms with Crippen LogP contribution in [0.4, 0.5) is 5.69 Å². The third-order valence-corrected chi connectivity index (χ3v) is 4.88. The second kappa shape index (κ2) is 7.56. The van der Waals surface area contributed by atoms with E-state index in [0.717, 1.165) is 42.2 Å². The molecule has 1 saturated heterocycles. The van der Waals surface area contributed by atoms with Crippen LogP contribution in [-0.2, 0) is 11.3 Å². The zero-order chi connectivity index (χ0) is 18.0. The van der Waals surface area contributed by atoms with E-state index in [1.54, 1.807) is 0 Å². The van der Waals surface area contributed by atoms with Crippen molar-refractivity contribution in [3.05, 3.63) is 24.0 Å². The predicted molar refractivity (Wildman–Crippen MR) is 103 cm³/mol. The Morgan fingerprint density at radius 1 is 1.16 bits per heavy atom. The van der Waals surface area contributed by atoms with Gasteiger partial charge in [0.25, 0.3) is 0 Å². The number of benzene rings is 1. The summed E-state index contributed by atoms with van der Waals surface area (Å²) >= 11 is 0. The van der Waals surface area contributed by atoms with Crippen molar-refractivity contribution in [1.82, 2.24) is 14.5 Å². The van der Waals surface area contributed by atoms with Crippen LogP contribution in [0.15, 0.2) is 18.2 Å². The highest BCUT2D eigenvalue weighted by Gasteiger charge is 2.18. The summed E-state index contributed by atoms with van der Waals surface area (Å²) in [5.74, 6) is 1.13. The van der Waals surface area contributed by atoms with Crippen LogP contribution in [0.3, 0.4) is 0 Å². The van der Waals surface area contributed by atoms with Crippen LogP contribution in [0, 0.1) is 5.92 Å². The lowest BCUT2D eigenvalue weighted by atomic mass is 10.1. The molecule has 1 aromatic heterocycles. The smallest absolute Gasteiger partial charge is 0.226 e. The lowest BCUT2D eigenvalue weighted by Gasteiger charge is -2.26. The zero-order valence-corrected chi connectivity index (χ0v) is 15.9. The van der Waals surface area contributed by atoms with Gasteiger partial charge in [0.15, 0.2) is 0 Å². The van der Waals surface area contributed by atoms with Crippen LogP contribution in [0.25, 0.3) is 11.0 Å². The standard InChI is InChI=1S/C20H30N4O/c1-14(2)20(25)21-16-8-9-18-17(12-16)22-19(24(18)15(3)4)13-23-10-6-5-7-11-23/h8-9,12,14-15H,5-7,10-11,13H2,1-4H3,(H,21,25). The van der Waals surface area contributed by atoms with E-state index in [9.17, 15) is 4.79 Å². The van der Waals surface area contributed by atoms with E-state index in [1.165, 1.54) is 19.3 Å². The van der Waals surface area contributed by atoms with Crippen molar-refractivity contribution in [2.45, 2.75) is 59.5 Å². The minimum absolute atomic E-state index is 0.0291. The molecule has 1 aromatic carbocycles. The fraction of sp³-hybridized carbons (Fsp3) is 0.600. The summed E-state index contributed by atoms with van der Waals surface area (Å²) in [6.45, 7) is 11.4.